The summed E-state index contributed by atoms with van der Waals surface area (Å²) in [7, 11) is 0. The Labute approximate surface area is 116 Å². The van der Waals surface area contributed by atoms with Gasteiger partial charge in [-0.3, -0.25) is 4.90 Å². The van der Waals surface area contributed by atoms with Crippen molar-refractivity contribution in [2.24, 2.45) is 11.7 Å². The van der Waals surface area contributed by atoms with Crippen molar-refractivity contribution in [3.05, 3.63) is 0 Å². The summed E-state index contributed by atoms with van der Waals surface area (Å²) in [6.45, 7) is 7.20. The largest absolute Gasteiger partial charge is 0.381 e. The van der Waals surface area contributed by atoms with Crippen molar-refractivity contribution in [1.82, 2.24) is 4.90 Å². The molecule has 3 aliphatic rings. The molecule has 0 aromatic carbocycles. The molecule has 0 aromatic heterocycles. The number of hydrogen-bond donors (Lipinski definition) is 1. The molecule has 0 saturated carbocycles. The Bertz CT molecular complexity index is 299. The van der Waals surface area contributed by atoms with E-state index in [1.807, 2.05) is 0 Å². The minimum atomic E-state index is 0.105. The first-order chi connectivity index (χ1) is 9.19. The van der Waals surface area contributed by atoms with Crippen molar-refractivity contribution in [2.45, 2.75) is 56.7 Å². The second-order valence-electron chi connectivity index (χ2n) is 6.72. The zero-order valence-electron chi connectivity index (χ0n) is 12.1. The molecule has 0 radical (unpaired) electrons. The summed E-state index contributed by atoms with van der Waals surface area (Å²) in [5.74, 6) is 0.674. The first kappa shape index (κ1) is 13.8. The number of piperidine rings is 1. The van der Waals surface area contributed by atoms with Crippen LogP contribution in [-0.2, 0) is 9.47 Å². The van der Waals surface area contributed by atoms with Gasteiger partial charge in [-0.15, -0.1) is 0 Å². The van der Waals surface area contributed by atoms with E-state index < -0.39 is 0 Å². The van der Waals surface area contributed by atoms with Gasteiger partial charge in [0.05, 0.1) is 5.60 Å². The van der Waals surface area contributed by atoms with Crippen LogP contribution in [0.4, 0.5) is 0 Å². The van der Waals surface area contributed by atoms with Gasteiger partial charge in [-0.05, 0) is 44.6 Å². The van der Waals surface area contributed by atoms with Gasteiger partial charge < -0.3 is 15.2 Å². The highest BCUT2D eigenvalue weighted by atomic mass is 16.5. The molecule has 3 heterocycles. The van der Waals surface area contributed by atoms with Gasteiger partial charge in [0.1, 0.15) is 0 Å². The predicted molar refractivity (Wildman–Crippen MR) is 75.1 cm³/mol. The average molecular weight is 268 g/mol. The molecule has 0 aromatic rings. The predicted octanol–water partition coefficient (Wildman–Crippen LogP) is 1.38. The maximum atomic E-state index is 6.25. The van der Waals surface area contributed by atoms with E-state index >= 15 is 0 Å². The Morgan fingerprint density at radius 1 is 1.16 bits per heavy atom. The van der Waals surface area contributed by atoms with Gasteiger partial charge in [-0.1, -0.05) is 6.92 Å². The molecule has 3 atom stereocenters. The lowest BCUT2D eigenvalue weighted by molar-refractivity contribution is -0.153. The summed E-state index contributed by atoms with van der Waals surface area (Å²) in [6, 6.07) is 1.02. The van der Waals surface area contributed by atoms with Crippen LogP contribution in [0.5, 0.6) is 0 Å². The normalized spacial score (nSPS) is 40.4. The summed E-state index contributed by atoms with van der Waals surface area (Å²) >= 11 is 0. The van der Waals surface area contributed by atoms with Crippen molar-refractivity contribution in [2.75, 3.05) is 32.9 Å². The van der Waals surface area contributed by atoms with E-state index in [2.05, 4.69) is 11.8 Å². The molecule has 0 aliphatic carbocycles. The van der Waals surface area contributed by atoms with E-state index in [9.17, 15) is 0 Å². The van der Waals surface area contributed by atoms with Crippen LogP contribution >= 0.6 is 0 Å². The molecule has 3 fully saturated rings. The van der Waals surface area contributed by atoms with Crippen LogP contribution in [0.15, 0.2) is 0 Å². The Hall–Kier alpha value is -0.160. The third-order valence-corrected chi connectivity index (χ3v) is 5.44. The van der Waals surface area contributed by atoms with E-state index in [1.165, 1.54) is 25.8 Å². The first-order valence-electron chi connectivity index (χ1n) is 7.90. The minimum Gasteiger partial charge on any atom is -0.381 e. The molecule has 110 valence electrons. The lowest BCUT2D eigenvalue weighted by Gasteiger charge is -2.48. The van der Waals surface area contributed by atoms with Crippen LogP contribution < -0.4 is 5.73 Å². The summed E-state index contributed by atoms with van der Waals surface area (Å²) in [6.07, 6.45) is 5.73. The monoisotopic (exact) mass is 268 g/mol. The zero-order chi connectivity index (χ0) is 13.3. The molecule has 0 amide bonds. The van der Waals surface area contributed by atoms with E-state index in [0.29, 0.717) is 18.0 Å². The third-order valence-electron chi connectivity index (χ3n) is 5.44. The summed E-state index contributed by atoms with van der Waals surface area (Å²) < 4.78 is 11.6. The maximum absolute atomic E-state index is 6.25. The summed E-state index contributed by atoms with van der Waals surface area (Å²) in [5.41, 5.74) is 6.36. The van der Waals surface area contributed by atoms with E-state index in [0.717, 1.165) is 39.2 Å². The molecule has 0 bridgehead atoms. The quantitative estimate of drug-likeness (QED) is 0.780. The fourth-order valence-electron chi connectivity index (χ4n) is 3.86. The molecule has 3 saturated heterocycles. The van der Waals surface area contributed by atoms with Gasteiger partial charge in [0, 0.05) is 38.4 Å². The Morgan fingerprint density at radius 2 is 1.95 bits per heavy atom. The van der Waals surface area contributed by atoms with Crippen LogP contribution in [0, 0.1) is 5.92 Å². The second-order valence-corrected chi connectivity index (χ2v) is 6.72. The molecule has 1 spiro atoms. The maximum Gasteiger partial charge on any atom is 0.0741 e. The Kier molecular flexibility index (Phi) is 4.13. The highest BCUT2D eigenvalue weighted by Crippen LogP contribution is 2.36. The van der Waals surface area contributed by atoms with Gasteiger partial charge in [-0.2, -0.15) is 0 Å². The van der Waals surface area contributed by atoms with Crippen molar-refractivity contribution in [3.63, 3.8) is 0 Å². The molecular weight excluding hydrogens is 240 g/mol. The SMILES string of the molecule is CC1CCN(C2CCOC3(CCOCC3)C2)CC1N. The van der Waals surface area contributed by atoms with Gasteiger partial charge in [0.2, 0.25) is 0 Å². The lowest BCUT2D eigenvalue weighted by Crippen LogP contribution is -2.56. The standard InChI is InChI=1S/C15H28N2O2/c1-12-2-6-17(11-14(12)16)13-3-7-19-15(10-13)4-8-18-9-5-15/h12-14H,2-11,16H2,1H3. The number of hydrogen-bond acceptors (Lipinski definition) is 4. The van der Waals surface area contributed by atoms with Gasteiger partial charge in [-0.25, -0.2) is 0 Å². The second kappa shape index (κ2) is 5.68. The molecule has 2 N–H and O–H groups in total. The van der Waals surface area contributed by atoms with Crippen LogP contribution in [0.2, 0.25) is 0 Å². The minimum absolute atomic E-state index is 0.105. The van der Waals surface area contributed by atoms with E-state index in [-0.39, 0.29) is 5.60 Å². The number of ether oxygens (including phenoxy) is 2. The summed E-state index contributed by atoms with van der Waals surface area (Å²) in [4.78, 5) is 2.63. The lowest BCUT2D eigenvalue weighted by atomic mass is 9.82. The molecule has 19 heavy (non-hydrogen) atoms. The van der Waals surface area contributed by atoms with E-state index in [4.69, 9.17) is 15.2 Å². The van der Waals surface area contributed by atoms with Gasteiger partial charge in [0.15, 0.2) is 0 Å². The molecule has 4 nitrogen and oxygen atoms in total. The molecular formula is C15H28N2O2. The topological polar surface area (TPSA) is 47.7 Å². The van der Waals surface area contributed by atoms with Crippen LogP contribution in [-0.4, -0.2) is 55.5 Å². The molecule has 3 aliphatic heterocycles. The fraction of sp³-hybridized carbons (Fsp3) is 1.00. The fourth-order valence-corrected chi connectivity index (χ4v) is 3.86. The smallest absolute Gasteiger partial charge is 0.0741 e. The molecule has 3 rings (SSSR count). The zero-order valence-corrected chi connectivity index (χ0v) is 12.1. The van der Waals surface area contributed by atoms with Gasteiger partial charge >= 0.3 is 0 Å². The van der Waals surface area contributed by atoms with E-state index in [1.54, 1.807) is 0 Å². The Morgan fingerprint density at radius 3 is 2.68 bits per heavy atom. The first-order valence-corrected chi connectivity index (χ1v) is 7.90. The molecule has 4 heteroatoms. The summed E-state index contributed by atoms with van der Waals surface area (Å²) in [5, 5.41) is 0. The van der Waals surface area contributed by atoms with Crippen molar-refractivity contribution in [3.8, 4) is 0 Å². The van der Waals surface area contributed by atoms with Crippen molar-refractivity contribution >= 4 is 0 Å². The average Bonchev–Trinajstić information content (AvgIpc) is 2.43. The van der Waals surface area contributed by atoms with Crippen LogP contribution in [0.3, 0.4) is 0 Å². The highest BCUT2D eigenvalue weighted by Gasteiger charge is 2.41. The van der Waals surface area contributed by atoms with Gasteiger partial charge in [0.25, 0.3) is 0 Å². The molecule has 3 unspecified atom stereocenters. The highest BCUT2D eigenvalue weighted by molar-refractivity contribution is 4.94. The van der Waals surface area contributed by atoms with Crippen LogP contribution in [0.25, 0.3) is 0 Å². The van der Waals surface area contributed by atoms with Crippen molar-refractivity contribution in [1.29, 1.82) is 0 Å². The number of rotatable bonds is 1. The van der Waals surface area contributed by atoms with Crippen LogP contribution in [0.1, 0.15) is 39.0 Å². The number of likely N-dealkylation sites (tertiary alicyclic amines) is 1. The number of nitrogens with two attached hydrogens (primary N) is 1. The number of nitrogens with zero attached hydrogens (tertiary/aromatic N) is 1. The third kappa shape index (κ3) is 2.97. The Balaban J connectivity index is 1.61. The van der Waals surface area contributed by atoms with Crippen molar-refractivity contribution < 1.29 is 9.47 Å².